The summed E-state index contributed by atoms with van der Waals surface area (Å²) in [5.74, 6) is 1.65. The van der Waals surface area contributed by atoms with Crippen molar-refractivity contribution >= 4 is 0 Å². The van der Waals surface area contributed by atoms with Gasteiger partial charge >= 0.3 is 0 Å². The second kappa shape index (κ2) is 6.54. The average molecular weight is 221 g/mol. The van der Waals surface area contributed by atoms with Gasteiger partial charge in [-0.2, -0.15) is 0 Å². The Morgan fingerprint density at radius 2 is 1.81 bits per heavy atom. The predicted octanol–water partition coefficient (Wildman–Crippen LogP) is 3.39. The molecule has 1 aromatic rings. The van der Waals surface area contributed by atoms with Crippen LogP contribution in [0.1, 0.15) is 38.8 Å². The highest BCUT2D eigenvalue weighted by Gasteiger charge is 2.06. The van der Waals surface area contributed by atoms with Crippen LogP contribution in [0.25, 0.3) is 0 Å². The second-order valence-corrected chi connectivity index (χ2v) is 4.42. The first-order valence-electron chi connectivity index (χ1n) is 6.04. The van der Waals surface area contributed by atoms with Gasteiger partial charge in [-0.05, 0) is 37.1 Å². The van der Waals surface area contributed by atoms with E-state index < -0.39 is 0 Å². The van der Waals surface area contributed by atoms with E-state index >= 15 is 0 Å². The lowest BCUT2D eigenvalue weighted by atomic mass is 10.1. The lowest BCUT2D eigenvalue weighted by Gasteiger charge is -2.17. The van der Waals surface area contributed by atoms with Gasteiger partial charge in [0, 0.05) is 6.04 Å². The summed E-state index contributed by atoms with van der Waals surface area (Å²) in [6, 6.07) is 8.66. The van der Waals surface area contributed by atoms with Gasteiger partial charge in [-0.25, -0.2) is 0 Å². The Bertz CT molecular complexity index is 294. The van der Waals surface area contributed by atoms with Crippen molar-refractivity contribution in [2.45, 2.75) is 33.2 Å². The molecule has 0 saturated heterocycles. The summed E-state index contributed by atoms with van der Waals surface area (Å²) in [5, 5.41) is 3.55. The molecule has 1 N–H and O–H groups in total. The summed E-state index contributed by atoms with van der Waals surface area (Å²) in [6.07, 6.45) is 1.22. The monoisotopic (exact) mass is 221 g/mol. The molecule has 16 heavy (non-hydrogen) atoms. The normalized spacial score (nSPS) is 14.5. The highest BCUT2D eigenvalue weighted by Crippen LogP contribution is 2.17. The van der Waals surface area contributed by atoms with Crippen LogP contribution in [0.5, 0.6) is 5.75 Å². The van der Waals surface area contributed by atoms with Gasteiger partial charge in [0.25, 0.3) is 0 Å². The van der Waals surface area contributed by atoms with Gasteiger partial charge in [0.15, 0.2) is 0 Å². The van der Waals surface area contributed by atoms with Crippen LogP contribution in [0.3, 0.4) is 0 Å². The third-order valence-electron chi connectivity index (χ3n) is 3.09. The average Bonchev–Trinajstić information content (AvgIpc) is 2.35. The van der Waals surface area contributed by atoms with Crippen molar-refractivity contribution < 1.29 is 4.74 Å². The van der Waals surface area contributed by atoms with Gasteiger partial charge in [-0.1, -0.05) is 32.4 Å². The maximum atomic E-state index is 5.14. The van der Waals surface area contributed by atoms with Crippen molar-refractivity contribution in [3.8, 4) is 5.75 Å². The van der Waals surface area contributed by atoms with Crippen LogP contribution >= 0.6 is 0 Å². The van der Waals surface area contributed by atoms with E-state index in [-0.39, 0.29) is 0 Å². The van der Waals surface area contributed by atoms with Crippen LogP contribution in [0.4, 0.5) is 0 Å². The van der Waals surface area contributed by atoms with Crippen molar-refractivity contribution in [1.29, 1.82) is 0 Å². The summed E-state index contributed by atoms with van der Waals surface area (Å²) in [7, 11) is 1.69. The molecule has 0 radical (unpaired) electrons. The maximum Gasteiger partial charge on any atom is 0.118 e. The molecule has 2 nitrogen and oxygen atoms in total. The SMILES string of the molecule is CCC(C)CN[C@H](C)c1ccc(OC)cc1. The first-order chi connectivity index (χ1) is 7.67. The van der Waals surface area contributed by atoms with Crippen molar-refractivity contribution in [2.75, 3.05) is 13.7 Å². The minimum atomic E-state index is 0.403. The fraction of sp³-hybridized carbons (Fsp3) is 0.571. The zero-order chi connectivity index (χ0) is 12.0. The Balaban J connectivity index is 2.49. The van der Waals surface area contributed by atoms with Crippen LogP contribution in [0.15, 0.2) is 24.3 Å². The Morgan fingerprint density at radius 3 is 2.31 bits per heavy atom. The third-order valence-corrected chi connectivity index (χ3v) is 3.09. The van der Waals surface area contributed by atoms with E-state index in [1.807, 2.05) is 12.1 Å². The molecule has 0 spiro atoms. The molecule has 0 aromatic heterocycles. The Hall–Kier alpha value is -1.02. The van der Waals surface area contributed by atoms with Gasteiger partial charge in [0.05, 0.1) is 7.11 Å². The Labute approximate surface area is 99.0 Å². The van der Waals surface area contributed by atoms with E-state index in [1.54, 1.807) is 7.11 Å². The van der Waals surface area contributed by atoms with Gasteiger partial charge in [-0.3, -0.25) is 0 Å². The Kier molecular flexibility index (Phi) is 5.33. The molecule has 1 aromatic carbocycles. The van der Waals surface area contributed by atoms with Crippen molar-refractivity contribution in [1.82, 2.24) is 5.32 Å². The minimum absolute atomic E-state index is 0.403. The maximum absolute atomic E-state index is 5.14. The van der Waals surface area contributed by atoms with Gasteiger partial charge in [0.1, 0.15) is 5.75 Å². The van der Waals surface area contributed by atoms with E-state index in [0.717, 1.165) is 18.2 Å². The summed E-state index contributed by atoms with van der Waals surface area (Å²) < 4.78 is 5.14. The fourth-order valence-corrected chi connectivity index (χ4v) is 1.53. The third kappa shape index (κ3) is 3.86. The molecule has 90 valence electrons. The highest BCUT2D eigenvalue weighted by atomic mass is 16.5. The first kappa shape index (κ1) is 13.0. The topological polar surface area (TPSA) is 21.3 Å². The molecule has 0 fully saturated rings. The molecule has 0 aliphatic carbocycles. The molecule has 0 saturated carbocycles. The highest BCUT2D eigenvalue weighted by molar-refractivity contribution is 5.28. The number of ether oxygens (including phenoxy) is 1. The number of benzene rings is 1. The zero-order valence-corrected chi connectivity index (χ0v) is 10.8. The van der Waals surface area contributed by atoms with Gasteiger partial charge in [0.2, 0.25) is 0 Å². The quantitative estimate of drug-likeness (QED) is 0.795. The van der Waals surface area contributed by atoms with Gasteiger partial charge < -0.3 is 10.1 Å². The van der Waals surface area contributed by atoms with E-state index in [4.69, 9.17) is 4.74 Å². The number of methoxy groups -OCH3 is 1. The predicted molar refractivity (Wildman–Crippen MR) is 68.9 cm³/mol. The molecule has 0 amide bonds. The molecule has 1 unspecified atom stereocenters. The smallest absolute Gasteiger partial charge is 0.118 e. The number of nitrogens with one attached hydrogen (secondary N) is 1. The number of hydrogen-bond donors (Lipinski definition) is 1. The fourth-order valence-electron chi connectivity index (χ4n) is 1.53. The molecular weight excluding hydrogens is 198 g/mol. The molecule has 1 rings (SSSR count). The molecule has 0 aliphatic heterocycles. The molecule has 0 bridgehead atoms. The number of rotatable bonds is 6. The molecule has 2 heteroatoms. The second-order valence-electron chi connectivity index (χ2n) is 4.42. The molecule has 2 atom stereocenters. The summed E-state index contributed by atoms with van der Waals surface area (Å²) in [4.78, 5) is 0. The summed E-state index contributed by atoms with van der Waals surface area (Å²) in [6.45, 7) is 7.77. The van der Waals surface area contributed by atoms with E-state index in [0.29, 0.717) is 6.04 Å². The summed E-state index contributed by atoms with van der Waals surface area (Å²) in [5.41, 5.74) is 1.31. The van der Waals surface area contributed by atoms with E-state index in [1.165, 1.54) is 12.0 Å². The van der Waals surface area contributed by atoms with Crippen LogP contribution < -0.4 is 10.1 Å². The van der Waals surface area contributed by atoms with Crippen molar-refractivity contribution in [3.05, 3.63) is 29.8 Å². The van der Waals surface area contributed by atoms with Crippen LogP contribution in [0, 0.1) is 5.92 Å². The largest absolute Gasteiger partial charge is 0.497 e. The molecule has 0 aliphatic rings. The van der Waals surface area contributed by atoms with Crippen molar-refractivity contribution in [2.24, 2.45) is 5.92 Å². The Morgan fingerprint density at radius 1 is 1.19 bits per heavy atom. The molecular formula is C14H23NO. The van der Waals surface area contributed by atoms with E-state index in [2.05, 4.69) is 38.2 Å². The van der Waals surface area contributed by atoms with E-state index in [9.17, 15) is 0 Å². The van der Waals surface area contributed by atoms with Crippen molar-refractivity contribution in [3.63, 3.8) is 0 Å². The van der Waals surface area contributed by atoms with Crippen LogP contribution in [-0.2, 0) is 0 Å². The van der Waals surface area contributed by atoms with Gasteiger partial charge in [-0.15, -0.1) is 0 Å². The van der Waals surface area contributed by atoms with Crippen LogP contribution in [-0.4, -0.2) is 13.7 Å². The minimum Gasteiger partial charge on any atom is -0.497 e. The first-order valence-corrected chi connectivity index (χ1v) is 6.04. The number of hydrogen-bond acceptors (Lipinski definition) is 2. The molecule has 0 heterocycles. The summed E-state index contributed by atoms with van der Waals surface area (Å²) >= 11 is 0. The standard InChI is InChI=1S/C14H23NO/c1-5-11(2)10-15-12(3)13-6-8-14(16-4)9-7-13/h6-9,11-12,15H,5,10H2,1-4H3/t11?,12-/m1/s1. The van der Waals surface area contributed by atoms with Crippen LogP contribution in [0.2, 0.25) is 0 Å². The lowest BCUT2D eigenvalue weighted by Crippen LogP contribution is -2.24. The zero-order valence-electron chi connectivity index (χ0n) is 10.8. The lowest BCUT2D eigenvalue weighted by molar-refractivity contribution is 0.414.